The van der Waals surface area contributed by atoms with Gasteiger partial charge >= 0.3 is 30.2 Å². The number of rotatable bonds is 6. The van der Waals surface area contributed by atoms with Crippen LogP contribution in [0.25, 0.3) is 10.9 Å². The maximum absolute atomic E-state index is 14.4. The minimum Gasteiger partial charge on any atom is -0.467 e. The third-order valence-corrected chi connectivity index (χ3v) is 8.90. The highest BCUT2D eigenvalue weighted by atomic mass is 16.6. The van der Waals surface area contributed by atoms with Crippen LogP contribution in [0.2, 0.25) is 0 Å². The summed E-state index contributed by atoms with van der Waals surface area (Å²) in [6.07, 6.45) is -1.74. The van der Waals surface area contributed by atoms with Crippen LogP contribution >= 0.6 is 0 Å². The van der Waals surface area contributed by atoms with Gasteiger partial charge in [-0.25, -0.2) is 24.0 Å². The summed E-state index contributed by atoms with van der Waals surface area (Å²) in [6.45, 7) is 15.5. The Morgan fingerprint density at radius 3 is 1.98 bits per heavy atom. The van der Waals surface area contributed by atoms with Gasteiger partial charge in [-0.2, -0.15) is 0 Å². The number of para-hydroxylation sites is 2. The summed E-state index contributed by atoms with van der Waals surface area (Å²) in [6, 6.07) is 12.3. The number of ether oxygens (including phenoxy) is 5. The van der Waals surface area contributed by atoms with Crippen molar-refractivity contribution in [1.82, 2.24) is 14.8 Å². The minimum absolute atomic E-state index is 0.00614. The number of esters is 2. The van der Waals surface area contributed by atoms with Gasteiger partial charge in [0.1, 0.15) is 40.6 Å². The molecule has 1 N–H and O–H groups in total. The second-order valence-electron chi connectivity index (χ2n) is 16.3. The first kappa shape index (κ1) is 38.9. The zero-order valence-corrected chi connectivity index (χ0v) is 32.3. The molecule has 1 saturated heterocycles. The van der Waals surface area contributed by atoms with E-state index in [0.29, 0.717) is 22.3 Å². The second kappa shape index (κ2) is 13.9. The largest absolute Gasteiger partial charge is 0.467 e. The normalized spacial score (nSPS) is 20.3. The monoisotopic (exact) mass is 734 g/mol. The Morgan fingerprint density at radius 1 is 0.792 bits per heavy atom. The fraction of sp³-hybridized carbons (Fsp3) is 0.513. The quantitative estimate of drug-likeness (QED) is 0.227. The van der Waals surface area contributed by atoms with Crippen LogP contribution in [0.15, 0.2) is 54.7 Å². The lowest BCUT2D eigenvalue weighted by Crippen LogP contribution is -2.59. The van der Waals surface area contributed by atoms with Gasteiger partial charge < -0.3 is 33.6 Å². The summed E-state index contributed by atoms with van der Waals surface area (Å²) in [5, 5.41) is 3.37. The number of carbonyl (C=O) groups is 5. The number of anilines is 1. The number of amides is 3. The topological polar surface area (TPSA) is 155 Å². The van der Waals surface area contributed by atoms with Gasteiger partial charge in [-0.05, 0) is 80.0 Å². The van der Waals surface area contributed by atoms with Gasteiger partial charge in [0.05, 0.1) is 19.9 Å². The lowest BCUT2D eigenvalue weighted by Gasteiger charge is -2.39. The Kier molecular flexibility index (Phi) is 10.2. The Balaban J connectivity index is 1.78. The standard InChI is InChI=1S/C39H50N4O10/c1-36(2,3)51-33(46)40-26(30(44)49-10)20-23-22-41(27-18-14-12-16-24(23)27)39-21-29(31(45)50-11)43(35(48)53-38(7,8)9)32(39)42(34(47)52-37(4,5)6)28-19-15-13-17-25(28)39/h12-19,22,26,29,32H,20-21H2,1-11H3,(H,40,46)/t26-,29+,32-,39+/m0/s1. The minimum atomic E-state index is -1.32. The summed E-state index contributed by atoms with van der Waals surface area (Å²) >= 11 is 0. The van der Waals surface area contributed by atoms with Gasteiger partial charge in [0.2, 0.25) is 0 Å². The average molecular weight is 735 g/mol. The molecule has 14 nitrogen and oxygen atoms in total. The maximum atomic E-state index is 14.4. The number of aromatic nitrogens is 1. The SMILES string of the molecule is COC(=O)[C@H](Cc1cn([C@@]23C[C@H](C(=O)OC)N(C(=O)OC(C)(C)C)[C@@H]2N(C(=O)OC(C)(C)C)c2ccccc23)c2ccccc12)NC(=O)OC(C)(C)C. The number of hydrogen-bond donors (Lipinski definition) is 1. The molecule has 286 valence electrons. The lowest BCUT2D eigenvalue weighted by atomic mass is 9.86. The molecule has 0 spiro atoms. The zero-order chi connectivity index (χ0) is 39.3. The number of benzene rings is 2. The lowest BCUT2D eigenvalue weighted by molar-refractivity contribution is -0.146. The number of fused-ring (bicyclic) bond motifs is 4. The Bertz CT molecular complexity index is 1920. The Labute approximate surface area is 309 Å². The maximum Gasteiger partial charge on any atom is 0.416 e. The molecule has 0 radical (unpaired) electrons. The van der Waals surface area contributed by atoms with Crippen LogP contribution in [0.4, 0.5) is 20.1 Å². The van der Waals surface area contributed by atoms with Gasteiger partial charge in [0, 0.05) is 35.5 Å². The van der Waals surface area contributed by atoms with Crippen LogP contribution in [0, 0.1) is 0 Å². The van der Waals surface area contributed by atoms with Crippen LogP contribution < -0.4 is 10.2 Å². The summed E-state index contributed by atoms with van der Waals surface area (Å²) in [4.78, 5) is 71.1. The van der Waals surface area contributed by atoms with E-state index in [2.05, 4.69) is 5.32 Å². The fourth-order valence-electron chi connectivity index (χ4n) is 7.15. The van der Waals surface area contributed by atoms with Gasteiger partial charge in [-0.15, -0.1) is 0 Å². The van der Waals surface area contributed by atoms with Crippen molar-refractivity contribution in [2.24, 2.45) is 0 Å². The van der Waals surface area contributed by atoms with Crippen molar-refractivity contribution < 1.29 is 47.7 Å². The van der Waals surface area contributed by atoms with E-state index >= 15 is 0 Å². The molecule has 2 aliphatic rings. The molecule has 4 atom stereocenters. The van der Waals surface area contributed by atoms with E-state index in [9.17, 15) is 24.0 Å². The van der Waals surface area contributed by atoms with Crippen molar-refractivity contribution in [3.05, 3.63) is 65.9 Å². The van der Waals surface area contributed by atoms with Crippen LogP contribution in [-0.4, -0.2) is 89.0 Å². The van der Waals surface area contributed by atoms with Crippen LogP contribution in [0.1, 0.15) is 79.9 Å². The first-order valence-electron chi connectivity index (χ1n) is 17.5. The van der Waals surface area contributed by atoms with Gasteiger partial charge in [-0.3, -0.25) is 9.80 Å². The van der Waals surface area contributed by atoms with Crippen molar-refractivity contribution in [3.63, 3.8) is 0 Å². The van der Waals surface area contributed by atoms with E-state index in [1.54, 1.807) is 74.4 Å². The molecule has 3 heterocycles. The predicted octanol–water partition coefficient (Wildman–Crippen LogP) is 6.26. The molecule has 5 rings (SSSR count). The Hall–Kier alpha value is -5.27. The third-order valence-electron chi connectivity index (χ3n) is 8.90. The number of carbonyl (C=O) groups excluding carboxylic acids is 5. The van der Waals surface area contributed by atoms with Crippen LogP contribution in [0.5, 0.6) is 0 Å². The summed E-state index contributed by atoms with van der Waals surface area (Å²) in [5.74, 6) is -1.39. The Morgan fingerprint density at radius 2 is 1.38 bits per heavy atom. The fourth-order valence-corrected chi connectivity index (χ4v) is 7.15. The van der Waals surface area contributed by atoms with E-state index in [4.69, 9.17) is 23.7 Å². The van der Waals surface area contributed by atoms with E-state index in [1.807, 2.05) is 47.2 Å². The molecular weight excluding hydrogens is 684 g/mol. The number of methoxy groups -OCH3 is 2. The second-order valence-corrected chi connectivity index (χ2v) is 16.3. The van der Waals surface area contributed by atoms with Gasteiger partial charge in [0.25, 0.3) is 0 Å². The third kappa shape index (κ3) is 7.63. The average Bonchev–Trinajstić information content (AvgIpc) is 3.67. The van der Waals surface area contributed by atoms with Crippen LogP contribution in [-0.2, 0) is 45.2 Å². The molecule has 1 aromatic heterocycles. The smallest absolute Gasteiger partial charge is 0.416 e. The number of nitrogens with zero attached hydrogens (tertiary/aromatic N) is 3. The molecule has 0 aliphatic carbocycles. The van der Waals surface area contributed by atoms with Crippen molar-refractivity contribution in [3.8, 4) is 0 Å². The molecule has 0 saturated carbocycles. The number of alkyl carbamates (subject to hydrolysis) is 1. The van der Waals surface area contributed by atoms with E-state index in [0.717, 1.165) is 5.39 Å². The molecule has 0 unspecified atom stereocenters. The molecule has 14 heteroatoms. The van der Waals surface area contributed by atoms with Gasteiger partial charge in [0.15, 0.2) is 0 Å². The highest BCUT2D eigenvalue weighted by Gasteiger charge is 2.67. The molecule has 2 aliphatic heterocycles. The summed E-state index contributed by atoms with van der Waals surface area (Å²) in [7, 11) is 2.47. The highest BCUT2D eigenvalue weighted by molar-refractivity contribution is 5.97. The highest BCUT2D eigenvalue weighted by Crippen LogP contribution is 2.57. The van der Waals surface area contributed by atoms with Crippen molar-refractivity contribution >= 4 is 46.8 Å². The first-order valence-corrected chi connectivity index (χ1v) is 17.5. The molecule has 53 heavy (non-hydrogen) atoms. The van der Waals surface area contributed by atoms with Crippen molar-refractivity contribution in [2.75, 3.05) is 19.1 Å². The number of hydrogen-bond acceptors (Lipinski definition) is 10. The number of likely N-dealkylation sites (tertiary alicyclic amines) is 1. The van der Waals surface area contributed by atoms with Crippen molar-refractivity contribution in [1.29, 1.82) is 0 Å². The summed E-state index contributed by atoms with van der Waals surface area (Å²) in [5.41, 5.74) is -1.58. The zero-order valence-electron chi connectivity index (χ0n) is 32.3. The molecule has 3 aromatic rings. The number of nitrogens with one attached hydrogen (secondary N) is 1. The predicted molar refractivity (Wildman–Crippen MR) is 195 cm³/mol. The van der Waals surface area contributed by atoms with E-state index in [1.165, 1.54) is 24.0 Å². The van der Waals surface area contributed by atoms with Gasteiger partial charge in [-0.1, -0.05) is 36.4 Å². The molecule has 2 aromatic carbocycles. The van der Waals surface area contributed by atoms with Crippen molar-refractivity contribution in [2.45, 2.75) is 116 Å². The van der Waals surface area contributed by atoms with E-state index in [-0.39, 0.29) is 12.8 Å². The molecule has 1 fully saturated rings. The molecule has 0 bridgehead atoms. The first-order chi connectivity index (χ1) is 24.6. The van der Waals surface area contributed by atoms with E-state index < -0.39 is 70.8 Å². The molecule has 3 amide bonds. The van der Waals surface area contributed by atoms with Crippen LogP contribution in [0.3, 0.4) is 0 Å². The molecular formula is C39H50N4O10. The summed E-state index contributed by atoms with van der Waals surface area (Å²) < 4.78 is 29.6.